The molecule has 0 saturated heterocycles. The van der Waals surface area contributed by atoms with E-state index in [2.05, 4.69) is 5.32 Å². The molecule has 3 rings (SSSR count). The van der Waals surface area contributed by atoms with Gasteiger partial charge in [0.25, 0.3) is 17.2 Å². The fourth-order valence-electron chi connectivity index (χ4n) is 2.65. The second-order valence-electron chi connectivity index (χ2n) is 5.96. The van der Waals surface area contributed by atoms with Crippen LogP contribution in [-0.2, 0) is 6.54 Å². The van der Waals surface area contributed by atoms with Crippen molar-refractivity contribution in [1.82, 2.24) is 4.57 Å². The van der Waals surface area contributed by atoms with Gasteiger partial charge in [-0.25, -0.2) is 0 Å². The first-order chi connectivity index (χ1) is 13.5. The van der Waals surface area contributed by atoms with E-state index in [0.717, 1.165) is 0 Å². The van der Waals surface area contributed by atoms with Crippen molar-refractivity contribution < 1.29 is 14.5 Å². The van der Waals surface area contributed by atoms with Crippen LogP contribution in [0.4, 0.5) is 11.4 Å². The Labute approximate surface area is 160 Å². The van der Waals surface area contributed by atoms with Gasteiger partial charge >= 0.3 is 0 Å². The van der Waals surface area contributed by atoms with Crippen molar-refractivity contribution in [2.45, 2.75) is 6.54 Å². The van der Waals surface area contributed by atoms with Gasteiger partial charge in [-0.2, -0.15) is 0 Å². The van der Waals surface area contributed by atoms with Crippen LogP contribution in [0.2, 0.25) is 0 Å². The molecule has 0 atom stereocenters. The lowest BCUT2D eigenvalue weighted by molar-refractivity contribution is -0.384. The molecule has 0 aliphatic rings. The van der Waals surface area contributed by atoms with E-state index in [4.69, 9.17) is 4.74 Å². The average molecular weight is 379 g/mol. The number of nitrogens with one attached hydrogen (secondary N) is 1. The predicted molar refractivity (Wildman–Crippen MR) is 104 cm³/mol. The van der Waals surface area contributed by atoms with E-state index in [-0.39, 0.29) is 23.7 Å². The molecule has 0 aliphatic carbocycles. The topological polar surface area (TPSA) is 103 Å². The number of carbonyl (C=O) groups is 1. The van der Waals surface area contributed by atoms with Crippen LogP contribution in [-0.4, -0.2) is 22.5 Å². The smallest absolute Gasteiger partial charge is 0.269 e. The second-order valence-corrected chi connectivity index (χ2v) is 5.96. The standard InChI is InChI=1S/C20H17N3O5/c1-28-18-5-3-2-4-17(18)21-20(25)15-8-11-19(24)22(13-15)12-14-6-9-16(10-7-14)23(26)27/h2-11,13H,12H2,1H3,(H,21,25). The lowest BCUT2D eigenvalue weighted by atomic mass is 10.2. The highest BCUT2D eigenvalue weighted by Crippen LogP contribution is 2.23. The van der Waals surface area contributed by atoms with E-state index in [0.29, 0.717) is 22.6 Å². The summed E-state index contributed by atoms with van der Waals surface area (Å²) in [4.78, 5) is 34.9. The van der Waals surface area contributed by atoms with Gasteiger partial charge in [-0.05, 0) is 23.8 Å². The van der Waals surface area contributed by atoms with Crippen molar-refractivity contribution in [1.29, 1.82) is 0 Å². The van der Waals surface area contributed by atoms with E-state index in [1.165, 1.54) is 42.1 Å². The third-order valence-corrected chi connectivity index (χ3v) is 4.10. The van der Waals surface area contributed by atoms with Gasteiger partial charge in [-0.3, -0.25) is 19.7 Å². The molecular weight excluding hydrogens is 362 g/mol. The Morgan fingerprint density at radius 3 is 2.50 bits per heavy atom. The zero-order valence-electron chi connectivity index (χ0n) is 15.0. The fourth-order valence-corrected chi connectivity index (χ4v) is 2.65. The summed E-state index contributed by atoms with van der Waals surface area (Å²) in [6, 6.07) is 15.7. The molecule has 3 aromatic rings. The van der Waals surface area contributed by atoms with Gasteiger partial charge in [0.1, 0.15) is 5.75 Å². The molecule has 2 aromatic carbocycles. The predicted octanol–water partition coefficient (Wildman–Crippen LogP) is 3.07. The number of benzene rings is 2. The Bertz CT molecular complexity index is 1070. The number of nitro benzene ring substituents is 1. The summed E-state index contributed by atoms with van der Waals surface area (Å²) in [5.41, 5.74) is 1.21. The van der Waals surface area contributed by atoms with Gasteiger partial charge in [0, 0.05) is 24.4 Å². The average Bonchev–Trinajstić information content (AvgIpc) is 2.70. The molecule has 0 saturated carbocycles. The number of nitro groups is 1. The van der Waals surface area contributed by atoms with Gasteiger partial charge in [-0.15, -0.1) is 0 Å². The van der Waals surface area contributed by atoms with Crippen LogP contribution in [0.3, 0.4) is 0 Å². The number of non-ortho nitro benzene ring substituents is 1. The number of para-hydroxylation sites is 2. The quantitative estimate of drug-likeness (QED) is 0.524. The molecule has 1 N–H and O–H groups in total. The molecule has 8 nitrogen and oxygen atoms in total. The molecule has 0 spiro atoms. The molecule has 0 bridgehead atoms. The highest BCUT2D eigenvalue weighted by Gasteiger charge is 2.11. The number of aromatic nitrogens is 1. The molecule has 0 aliphatic heterocycles. The number of nitrogens with zero attached hydrogens (tertiary/aromatic N) is 2. The lowest BCUT2D eigenvalue weighted by Crippen LogP contribution is -2.22. The Balaban J connectivity index is 1.81. The molecule has 0 fully saturated rings. The van der Waals surface area contributed by atoms with Crippen LogP contribution in [0, 0.1) is 10.1 Å². The minimum Gasteiger partial charge on any atom is -0.495 e. The second kappa shape index (κ2) is 8.17. The number of pyridine rings is 1. The maximum absolute atomic E-state index is 12.6. The van der Waals surface area contributed by atoms with E-state index in [1.54, 1.807) is 36.4 Å². The first-order valence-electron chi connectivity index (χ1n) is 8.36. The van der Waals surface area contributed by atoms with Crippen LogP contribution < -0.4 is 15.6 Å². The number of rotatable bonds is 6. The number of hydrogen-bond donors (Lipinski definition) is 1. The number of amides is 1. The van der Waals surface area contributed by atoms with Gasteiger partial charge in [-0.1, -0.05) is 24.3 Å². The van der Waals surface area contributed by atoms with E-state index in [9.17, 15) is 19.7 Å². The fraction of sp³-hybridized carbons (Fsp3) is 0.100. The lowest BCUT2D eigenvalue weighted by Gasteiger charge is -2.11. The third-order valence-electron chi connectivity index (χ3n) is 4.10. The normalized spacial score (nSPS) is 10.3. The summed E-state index contributed by atoms with van der Waals surface area (Å²) in [5, 5.41) is 13.5. The number of hydrogen-bond acceptors (Lipinski definition) is 5. The summed E-state index contributed by atoms with van der Waals surface area (Å²) < 4.78 is 6.59. The summed E-state index contributed by atoms with van der Waals surface area (Å²) in [5.74, 6) is 0.136. The van der Waals surface area contributed by atoms with E-state index < -0.39 is 4.92 Å². The highest BCUT2D eigenvalue weighted by molar-refractivity contribution is 6.04. The molecule has 0 unspecified atom stereocenters. The van der Waals surface area contributed by atoms with Crippen molar-refractivity contribution in [3.8, 4) is 5.75 Å². The van der Waals surface area contributed by atoms with Crippen LogP contribution >= 0.6 is 0 Å². The van der Waals surface area contributed by atoms with E-state index >= 15 is 0 Å². The van der Waals surface area contributed by atoms with Gasteiger partial charge in [0.05, 0.1) is 29.8 Å². The Morgan fingerprint density at radius 1 is 1.11 bits per heavy atom. The third kappa shape index (κ3) is 4.24. The van der Waals surface area contributed by atoms with Crippen molar-refractivity contribution in [3.63, 3.8) is 0 Å². The SMILES string of the molecule is COc1ccccc1NC(=O)c1ccc(=O)n(Cc2ccc([N+](=O)[O-])cc2)c1. The Kier molecular flexibility index (Phi) is 5.50. The number of ether oxygens (including phenoxy) is 1. The van der Waals surface area contributed by atoms with Gasteiger partial charge < -0.3 is 14.6 Å². The van der Waals surface area contributed by atoms with Gasteiger partial charge in [0.15, 0.2) is 0 Å². The zero-order valence-corrected chi connectivity index (χ0v) is 15.0. The maximum Gasteiger partial charge on any atom is 0.269 e. The van der Waals surface area contributed by atoms with Crippen molar-refractivity contribution in [3.05, 3.63) is 98.5 Å². The first kappa shape index (κ1) is 18.8. The summed E-state index contributed by atoms with van der Waals surface area (Å²) in [6.07, 6.45) is 1.45. The van der Waals surface area contributed by atoms with Crippen molar-refractivity contribution in [2.24, 2.45) is 0 Å². The number of methoxy groups -OCH3 is 1. The molecule has 8 heteroatoms. The first-order valence-corrected chi connectivity index (χ1v) is 8.36. The largest absolute Gasteiger partial charge is 0.495 e. The van der Waals surface area contributed by atoms with Crippen LogP contribution in [0.15, 0.2) is 71.7 Å². The molecule has 142 valence electrons. The molecule has 1 heterocycles. The minimum atomic E-state index is -0.487. The maximum atomic E-state index is 12.6. The Morgan fingerprint density at radius 2 is 1.82 bits per heavy atom. The number of carbonyl (C=O) groups excluding carboxylic acids is 1. The minimum absolute atomic E-state index is 0.0268. The number of anilines is 1. The van der Waals surface area contributed by atoms with Crippen LogP contribution in [0.1, 0.15) is 15.9 Å². The monoisotopic (exact) mass is 379 g/mol. The summed E-state index contributed by atoms with van der Waals surface area (Å²) >= 11 is 0. The highest BCUT2D eigenvalue weighted by atomic mass is 16.6. The molecule has 28 heavy (non-hydrogen) atoms. The molecule has 1 aromatic heterocycles. The van der Waals surface area contributed by atoms with Crippen molar-refractivity contribution >= 4 is 17.3 Å². The Hall–Kier alpha value is -3.94. The molecular formula is C20H17N3O5. The summed E-state index contributed by atoms with van der Waals surface area (Å²) in [7, 11) is 1.51. The molecule has 0 radical (unpaired) electrons. The molecule has 1 amide bonds. The zero-order chi connectivity index (χ0) is 20.1. The van der Waals surface area contributed by atoms with Gasteiger partial charge in [0.2, 0.25) is 0 Å². The van der Waals surface area contributed by atoms with Crippen LogP contribution in [0.5, 0.6) is 5.75 Å². The van der Waals surface area contributed by atoms with Crippen molar-refractivity contribution in [2.75, 3.05) is 12.4 Å². The van der Waals surface area contributed by atoms with E-state index in [1.807, 2.05) is 0 Å². The summed E-state index contributed by atoms with van der Waals surface area (Å²) in [6.45, 7) is 0.187. The van der Waals surface area contributed by atoms with Crippen LogP contribution in [0.25, 0.3) is 0 Å².